The van der Waals surface area contributed by atoms with Gasteiger partial charge in [0.1, 0.15) is 0 Å². The Labute approximate surface area is 271 Å². The molecule has 0 saturated carbocycles. The van der Waals surface area contributed by atoms with E-state index in [-0.39, 0.29) is 29.8 Å². The molecular weight excluding hydrogens is 613 g/mol. The van der Waals surface area contributed by atoms with Crippen molar-refractivity contribution >= 4 is 45.7 Å². The standard InChI is InChI=1S/C34H35Cl2N5O4/c1-45-34-24(20-38-14-17-43)18-28(35)32(40-34)33(44)39-29-6-2-5-27(31(29)36)25-4-3-7-30-26(25)12-15-41(30)21-23-10-8-22(9-11-23)19-37-13-16-42/h2-12,15,18,37-38,42-43H,13-14,16-17,19-21H2,1H3,(H,39,44). The van der Waals surface area contributed by atoms with Crippen LogP contribution in [-0.2, 0) is 19.6 Å². The average molecular weight is 649 g/mol. The molecule has 0 unspecified atom stereocenters. The van der Waals surface area contributed by atoms with Crippen LogP contribution >= 0.6 is 23.2 Å². The summed E-state index contributed by atoms with van der Waals surface area (Å²) in [5, 5.41) is 28.7. The number of nitrogens with zero attached hydrogens (tertiary/aromatic N) is 2. The van der Waals surface area contributed by atoms with Crippen LogP contribution in [0.3, 0.4) is 0 Å². The largest absolute Gasteiger partial charge is 0.481 e. The average Bonchev–Trinajstić information content (AvgIpc) is 3.46. The fourth-order valence-corrected chi connectivity index (χ4v) is 5.69. The van der Waals surface area contributed by atoms with Crippen molar-refractivity contribution in [3.63, 3.8) is 0 Å². The van der Waals surface area contributed by atoms with Gasteiger partial charge in [0.2, 0.25) is 5.88 Å². The molecule has 9 nitrogen and oxygen atoms in total. The van der Waals surface area contributed by atoms with Gasteiger partial charge in [-0.25, -0.2) is 4.98 Å². The van der Waals surface area contributed by atoms with Crippen molar-refractivity contribution in [2.24, 2.45) is 0 Å². The SMILES string of the molecule is COc1nc(C(=O)Nc2cccc(-c3cccc4c3ccn4Cc3ccc(CNCCO)cc3)c2Cl)c(Cl)cc1CNCCO. The maximum Gasteiger partial charge on any atom is 0.276 e. The molecule has 2 heterocycles. The van der Waals surface area contributed by atoms with Gasteiger partial charge < -0.3 is 35.5 Å². The van der Waals surface area contributed by atoms with E-state index in [1.165, 1.54) is 12.7 Å². The molecule has 2 aromatic heterocycles. The third kappa shape index (κ3) is 7.65. The van der Waals surface area contributed by atoms with Gasteiger partial charge in [0.05, 0.1) is 36.1 Å². The fourth-order valence-electron chi connectivity index (χ4n) is 5.16. The summed E-state index contributed by atoms with van der Waals surface area (Å²) in [5.41, 5.74) is 6.21. The van der Waals surface area contributed by atoms with Gasteiger partial charge >= 0.3 is 0 Å². The van der Waals surface area contributed by atoms with Gasteiger partial charge in [-0.15, -0.1) is 0 Å². The highest BCUT2D eigenvalue weighted by Gasteiger charge is 2.20. The topological polar surface area (TPSA) is 121 Å². The number of fused-ring (bicyclic) bond motifs is 1. The van der Waals surface area contributed by atoms with Gasteiger partial charge in [-0.1, -0.05) is 71.7 Å². The van der Waals surface area contributed by atoms with Crippen molar-refractivity contribution in [2.45, 2.75) is 19.6 Å². The van der Waals surface area contributed by atoms with Crippen LogP contribution < -0.4 is 20.7 Å². The zero-order valence-electron chi connectivity index (χ0n) is 24.8. The molecule has 0 spiro atoms. The monoisotopic (exact) mass is 647 g/mol. The van der Waals surface area contributed by atoms with Gasteiger partial charge in [-0.3, -0.25) is 4.79 Å². The molecule has 5 N–H and O–H groups in total. The first-order valence-electron chi connectivity index (χ1n) is 14.6. The van der Waals surface area contributed by atoms with Crippen molar-refractivity contribution < 1.29 is 19.7 Å². The van der Waals surface area contributed by atoms with Gasteiger partial charge in [0.25, 0.3) is 5.91 Å². The molecule has 234 valence electrons. The zero-order valence-corrected chi connectivity index (χ0v) is 26.3. The molecule has 0 fully saturated rings. The molecule has 11 heteroatoms. The number of methoxy groups -OCH3 is 1. The smallest absolute Gasteiger partial charge is 0.276 e. The van der Waals surface area contributed by atoms with Crippen LogP contribution in [0.4, 0.5) is 5.69 Å². The lowest BCUT2D eigenvalue weighted by atomic mass is 10.0. The number of nitrogens with one attached hydrogen (secondary N) is 3. The van der Waals surface area contributed by atoms with Crippen LogP contribution in [0, 0.1) is 0 Å². The molecule has 0 aliphatic carbocycles. The van der Waals surface area contributed by atoms with E-state index in [0.717, 1.165) is 27.6 Å². The van der Waals surface area contributed by atoms with Crippen LogP contribution in [0.15, 0.2) is 79.0 Å². The molecule has 0 atom stereocenters. The number of amides is 1. The first kappa shape index (κ1) is 32.4. The number of rotatable bonds is 14. The van der Waals surface area contributed by atoms with E-state index >= 15 is 0 Å². The second-order valence-electron chi connectivity index (χ2n) is 10.4. The van der Waals surface area contributed by atoms with Gasteiger partial charge in [0.15, 0.2) is 5.69 Å². The fraction of sp³-hybridized carbons (Fsp3) is 0.235. The number of anilines is 1. The summed E-state index contributed by atoms with van der Waals surface area (Å²) in [4.78, 5) is 17.7. The number of halogens is 2. The lowest BCUT2D eigenvalue weighted by Gasteiger charge is -2.14. The second-order valence-corrected chi connectivity index (χ2v) is 11.2. The van der Waals surface area contributed by atoms with Crippen molar-refractivity contribution in [3.05, 3.63) is 111 Å². The summed E-state index contributed by atoms with van der Waals surface area (Å²) < 4.78 is 7.58. The minimum atomic E-state index is -0.522. The number of benzene rings is 3. The third-order valence-corrected chi connectivity index (χ3v) is 8.07. The molecule has 0 aliphatic rings. The molecular formula is C34H35Cl2N5O4. The number of hydrogen-bond donors (Lipinski definition) is 5. The third-order valence-electron chi connectivity index (χ3n) is 7.37. The van der Waals surface area contributed by atoms with Crippen molar-refractivity contribution in [1.82, 2.24) is 20.2 Å². The van der Waals surface area contributed by atoms with Crippen LogP contribution in [0.25, 0.3) is 22.0 Å². The highest BCUT2D eigenvalue weighted by Crippen LogP contribution is 2.38. The number of aliphatic hydroxyl groups excluding tert-OH is 2. The summed E-state index contributed by atoms with van der Waals surface area (Å²) in [7, 11) is 1.47. The van der Waals surface area contributed by atoms with Gasteiger partial charge in [-0.2, -0.15) is 0 Å². The minimum Gasteiger partial charge on any atom is -0.481 e. The highest BCUT2D eigenvalue weighted by atomic mass is 35.5. The maximum atomic E-state index is 13.3. The number of ether oxygens (including phenoxy) is 1. The lowest BCUT2D eigenvalue weighted by Crippen LogP contribution is -2.20. The zero-order chi connectivity index (χ0) is 31.8. The van der Waals surface area contributed by atoms with E-state index < -0.39 is 5.91 Å². The molecule has 0 aliphatic heterocycles. The quantitative estimate of drug-likeness (QED) is 0.101. The molecule has 0 bridgehead atoms. The van der Waals surface area contributed by atoms with E-state index in [2.05, 4.69) is 68.1 Å². The molecule has 0 saturated heterocycles. The first-order valence-corrected chi connectivity index (χ1v) is 15.3. The van der Waals surface area contributed by atoms with Crippen molar-refractivity contribution in [3.8, 4) is 17.0 Å². The number of aromatic nitrogens is 2. The molecule has 3 aromatic carbocycles. The highest BCUT2D eigenvalue weighted by molar-refractivity contribution is 6.37. The number of carbonyl (C=O) groups excluding carboxylic acids is 1. The van der Waals surface area contributed by atoms with E-state index in [9.17, 15) is 4.79 Å². The molecule has 45 heavy (non-hydrogen) atoms. The Morgan fingerprint density at radius 1 is 0.889 bits per heavy atom. The normalized spacial score (nSPS) is 11.2. The predicted octanol–water partition coefficient (Wildman–Crippen LogP) is 5.48. The van der Waals surface area contributed by atoms with Gasteiger partial charge in [0, 0.05) is 61.0 Å². The number of hydrogen-bond acceptors (Lipinski definition) is 7. The Kier molecular flexibility index (Phi) is 11.1. The second kappa shape index (κ2) is 15.4. The number of carbonyl (C=O) groups is 1. The molecule has 5 rings (SSSR count). The van der Waals surface area contributed by atoms with E-state index in [4.69, 9.17) is 38.2 Å². The van der Waals surface area contributed by atoms with Crippen LogP contribution in [0.2, 0.25) is 10.0 Å². The Morgan fingerprint density at radius 2 is 1.58 bits per heavy atom. The van der Waals surface area contributed by atoms with Crippen molar-refractivity contribution in [1.29, 1.82) is 0 Å². The lowest BCUT2D eigenvalue weighted by molar-refractivity contribution is 0.102. The Balaban J connectivity index is 1.37. The van der Waals surface area contributed by atoms with E-state index in [1.807, 2.05) is 24.3 Å². The van der Waals surface area contributed by atoms with Crippen LogP contribution in [0.5, 0.6) is 5.88 Å². The number of pyridine rings is 1. The molecule has 0 radical (unpaired) electrons. The van der Waals surface area contributed by atoms with Crippen molar-refractivity contribution in [2.75, 3.05) is 38.7 Å². The Hall–Kier alpha value is -3.96. The minimum absolute atomic E-state index is 0.00882. The summed E-state index contributed by atoms with van der Waals surface area (Å²) >= 11 is 13.4. The predicted molar refractivity (Wildman–Crippen MR) is 179 cm³/mol. The maximum absolute atomic E-state index is 13.3. The summed E-state index contributed by atoms with van der Waals surface area (Å²) in [6, 6.07) is 23.7. The van der Waals surface area contributed by atoms with E-state index in [0.29, 0.717) is 49.0 Å². The van der Waals surface area contributed by atoms with Crippen LogP contribution in [-0.4, -0.2) is 59.1 Å². The molecule has 5 aromatic rings. The van der Waals surface area contributed by atoms with Gasteiger partial charge in [-0.05, 0) is 41.0 Å². The molecule has 1 amide bonds. The first-order chi connectivity index (χ1) is 21.9. The summed E-state index contributed by atoms with van der Waals surface area (Å²) in [6.45, 7) is 2.86. The van der Waals surface area contributed by atoms with Crippen LogP contribution in [0.1, 0.15) is 27.2 Å². The summed E-state index contributed by atoms with van der Waals surface area (Å²) in [5.74, 6) is -0.260. The Morgan fingerprint density at radius 3 is 2.31 bits per heavy atom. The Bertz CT molecular complexity index is 1780. The van der Waals surface area contributed by atoms with E-state index in [1.54, 1.807) is 12.1 Å². The summed E-state index contributed by atoms with van der Waals surface area (Å²) in [6.07, 6.45) is 2.06. The number of aliphatic hydroxyl groups is 2.